The summed E-state index contributed by atoms with van der Waals surface area (Å²) in [6, 6.07) is 6.15. The Hall–Kier alpha value is -0.930. The number of nitrogens with zero attached hydrogens (tertiary/aromatic N) is 1. The molecule has 1 aliphatic carbocycles. The van der Waals surface area contributed by atoms with Crippen LogP contribution in [0.4, 0.5) is 4.39 Å². The molecule has 3 atom stereocenters. The van der Waals surface area contributed by atoms with Crippen LogP contribution in [-0.2, 0) is 0 Å². The number of fused-ring (bicyclic) bond motifs is 1. The SMILES string of the molecule is Cc1ccc(C(N)CCN2CCCC3CCCC32)cc1F. The maximum Gasteiger partial charge on any atom is 0.126 e. The molecule has 0 aromatic heterocycles. The first kappa shape index (κ1) is 15.0. The Balaban J connectivity index is 1.57. The number of likely N-dealkylation sites (tertiary alicyclic amines) is 1. The highest BCUT2D eigenvalue weighted by Crippen LogP contribution is 2.37. The quantitative estimate of drug-likeness (QED) is 0.914. The van der Waals surface area contributed by atoms with E-state index in [2.05, 4.69) is 4.90 Å². The lowest BCUT2D eigenvalue weighted by atomic mass is 9.91. The molecule has 1 saturated carbocycles. The first-order valence-corrected chi connectivity index (χ1v) is 8.41. The van der Waals surface area contributed by atoms with Crippen LogP contribution in [0, 0.1) is 18.7 Å². The minimum Gasteiger partial charge on any atom is -0.324 e. The van der Waals surface area contributed by atoms with E-state index >= 15 is 0 Å². The van der Waals surface area contributed by atoms with Gasteiger partial charge < -0.3 is 10.6 Å². The van der Waals surface area contributed by atoms with E-state index in [-0.39, 0.29) is 11.9 Å². The Bertz CT molecular complexity index is 488. The van der Waals surface area contributed by atoms with Crippen molar-refractivity contribution in [1.29, 1.82) is 0 Å². The highest BCUT2D eigenvalue weighted by atomic mass is 19.1. The second-order valence-corrected chi connectivity index (χ2v) is 6.84. The van der Waals surface area contributed by atoms with Gasteiger partial charge in [-0.05, 0) is 68.7 Å². The van der Waals surface area contributed by atoms with Crippen LogP contribution < -0.4 is 5.73 Å². The van der Waals surface area contributed by atoms with Gasteiger partial charge in [-0.2, -0.15) is 0 Å². The molecule has 1 heterocycles. The van der Waals surface area contributed by atoms with E-state index in [4.69, 9.17) is 5.73 Å². The van der Waals surface area contributed by atoms with Gasteiger partial charge in [0.2, 0.25) is 0 Å². The van der Waals surface area contributed by atoms with Crippen LogP contribution in [0.2, 0.25) is 0 Å². The van der Waals surface area contributed by atoms with Crippen molar-refractivity contribution in [2.45, 2.75) is 57.5 Å². The molecule has 2 N–H and O–H groups in total. The predicted molar refractivity (Wildman–Crippen MR) is 84.6 cm³/mol. The molecule has 0 spiro atoms. The number of benzene rings is 1. The minimum absolute atomic E-state index is 0.0538. The van der Waals surface area contributed by atoms with Gasteiger partial charge in [-0.3, -0.25) is 0 Å². The lowest BCUT2D eigenvalue weighted by Gasteiger charge is -2.38. The highest BCUT2D eigenvalue weighted by molar-refractivity contribution is 5.25. The van der Waals surface area contributed by atoms with Gasteiger partial charge in [0.1, 0.15) is 5.82 Å². The standard InChI is InChI=1S/C18H27FN2/c1-13-7-8-15(12-16(13)19)17(20)9-11-21-10-3-5-14-4-2-6-18(14)21/h7-8,12,14,17-18H,2-6,9-11,20H2,1H3. The number of rotatable bonds is 4. The summed E-state index contributed by atoms with van der Waals surface area (Å²) in [6.07, 6.45) is 7.83. The van der Waals surface area contributed by atoms with E-state index in [1.165, 1.54) is 38.6 Å². The van der Waals surface area contributed by atoms with Crippen molar-refractivity contribution < 1.29 is 4.39 Å². The number of hydrogen-bond donors (Lipinski definition) is 1. The van der Waals surface area contributed by atoms with Crippen LogP contribution in [0.25, 0.3) is 0 Å². The molecule has 0 radical (unpaired) electrons. The van der Waals surface area contributed by atoms with Crippen molar-refractivity contribution in [2.24, 2.45) is 11.7 Å². The molecule has 1 aromatic rings. The zero-order valence-electron chi connectivity index (χ0n) is 13.0. The smallest absolute Gasteiger partial charge is 0.126 e. The molecule has 1 aromatic carbocycles. The van der Waals surface area contributed by atoms with Crippen molar-refractivity contribution in [3.8, 4) is 0 Å². The van der Waals surface area contributed by atoms with Crippen molar-refractivity contribution in [3.05, 3.63) is 35.1 Å². The van der Waals surface area contributed by atoms with Crippen LogP contribution >= 0.6 is 0 Å². The topological polar surface area (TPSA) is 29.3 Å². The van der Waals surface area contributed by atoms with Crippen LogP contribution in [0.1, 0.15) is 55.7 Å². The molecule has 2 aliphatic rings. The van der Waals surface area contributed by atoms with E-state index in [9.17, 15) is 4.39 Å². The Morgan fingerprint density at radius 3 is 2.90 bits per heavy atom. The van der Waals surface area contributed by atoms with Crippen LogP contribution in [0.5, 0.6) is 0 Å². The molecule has 1 aliphatic heterocycles. The molecule has 0 amide bonds. The molecule has 3 rings (SSSR count). The summed E-state index contributed by atoms with van der Waals surface area (Å²) in [5.41, 5.74) is 7.89. The first-order chi connectivity index (χ1) is 10.1. The van der Waals surface area contributed by atoms with Gasteiger partial charge in [-0.1, -0.05) is 18.6 Å². The Labute approximate surface area is 127 Å². The fourth-order valence-electron chi connectivity index (χ4n) is 4.15. The summed E-state index contributed by atoms with van der Waals surface area (Å²) >= 11 is 0. The highest BCUT2D eigenvalue weighted by Gasteiger charge is 2.34. The maximum atomic E-state index is 13.6. The number of hydrogen-bond acceptors (Lipinski definition) is 2. The van der Waals surface area contributed by atoms with Crippen LogP contribution in [0.3, 0.4) is 0 Å². The summed E-state index contributed by atoms with van der Waals surface area (Å²) in [7, 11) is 0. The minimum atomic E-state index is -0.142. The molecule has 3 heteroatoms. The molecule has 1 saturated heterocycles. The predicted octanol–water partition coefficient (Wildman–Crippen LogP) is 3.79. The van der Waals surface area contributed by atoms with Gasteiger partial charge >= 0.3 is 0 Å². The van der Waals surface area contributed by atoms with Crippen molar-refractivity contribution >= 4 is 0 Å². The second-order valence-electron chi connectivity index (χ2n) is 6.84. The summed E-state index contributed by atoms with van der Waals surface area (Å²) in [5, 5.41) is 0. The van der Waals surface area contributed by atoms with Gasteiger partial charge in [0.15, 0.2) is 0 Å². The maximum absolute atomic E-state index is 13.6. The Morgan fingerprint density at radius 1 is 1.29 bits per heavy atom. The summed E-state index contributed by atoms with van der Waals surface area (Å²) in [4.78, 5) is 2.64. The third-order valence-corrected chi connectivity index (χ3v) is 5.46. The molecular formula is C18H27FN2. The second kappa shape index (κ2) is 6.45. The lowest BCUT2D eigenvalue weighted by Crippen LogP contribution is -2.43. The van der Waals surface area contributed by atoms with Crippen molar-refractivity contribution in [3.63, 3.8) is 0 Å². The van der Waals surface area contributed by atoms with E-state index in [0.29, 0.717) is 5.56 Å². The van der Waals surface area contributed by atoms with Gasteiger partial charge in [-0.15, -0.1) is 0 Å². The Morgan fingerprint density at radius 2 is 2.10 bits per heavy atom. The van der Waals surface area contributed by atoms with E-state index in [0.717, 1.165) is 30.5 Å². The summed E-state index contributed by atoms with van der Waals surface area (Å²) in [6.45, 7) is 4.06. The fourth-order valence-corrected chi connectivity index (χ4v) is 4.15. The van der Waals surface area contributed by atoms with Gasteiger partial charge in [0, 0.05) is 18.6 Å². The van der Waals surface area contributed by atoms with E-state index in [1.807, 2.05) is 12.1 Å². The normalized spacial score (nSPS) is 27.6. The number of aryl methyl sites for hydroxylation is 1. The zero-order chi connectivity index (χ0) is 14.8. The van der Waals surface area contributed by atoms with Crippen LogP contribution in [0.15, 0.2) is 18.2 Å². The van der Waals surface area contributed by atoms with Gasteiger partial charge in [-0.25, -0.2) is 4.39 Å². The molecule has 2 nitrogen and oxygen atoms in total. The molecule has 2 fully saturated rings. The van der Waals surface area contributed by atoms with Crippen molar-refractivity contribution in [1.82, 2.24) is 4.90 Å². The molecule has 3 unspecified atom stereocenters. The van der Waals surface area contributed by atoms with Gasteiger partial charge in [0.25, 0.3) is 0 Å². The van der Waals surface area contributed by atoms with E-state index in [1.54, 1.807) is 13.0 Å². The van der Waals surface area contributed by atoms with Crippen molar-refractivity contribution in [2.75, 3.05) is 13.1 Å². The van der Waals surface area contributed by atoms with E-state index < -0.39 is 0 Å². The van der Waals surface area contributed by atoms with Gasteiger partial charge in [0.05, 0.1) is 0 Å². The number of piperidine rings is 1. The number of halogens is 1. The average Bonchev–Trinajstić information content (AvgIpc) is 2.96. The number of nitrogens with two attached hydrogens (primary N) is 1. The van der Waals surface area contributed by atoms with Crippen LogP contribution in [-0.4, -0.2) is 24.0 Å². The Kier molecular flexibility index (Phi) is 4.60. The lowest BCUT2D eigenvalue weighted by molar-refractivity contribution is 0.109. The monoisotopic (exact) mass is 290 g/mol. The average molecular weight is 290 g/mol. The zero-order valence-corrected chi connectivity index (χ0v) is 13.0. The fraction of sp³-hybridized carbons (Fsp3) is 0.667. The molecule has 116 valence electrons. The molecule has 0 bridgehead atoms. The summed E-state index contributed by atoms with van der Waals surface area (Å²) in [5.74, 6) is 0.781. The summed E-state index contributed by atoms with van der Waals surface area (Å²) < 4.78 is 13.6. The first-order valence-electron chi connectivity index (χ1n) is 8.41. The largest absolute Gasteiger partial charge is 0.324 e. The third-order valence-electron chi connectivity index (χ3n) is 5.46. The molecular weight excluding hydrogens is 263 g/mol. The third kappa shape index (κ3) is 3.29. The molecule has 21 heavy (non-hydrogen) atoms.